The van der Waals surface area contributed by atoms with Gasteiger partial charge in [0.05, 0.1) is 6.54 Å². The first-order chi connectivity index (χ1) is 14.0. The van der Waals surface area contributed by atoms with Gasteiger partial charge in [-0.05, 0) is 35.6 Å². The van der Waals surface area contributed by atoms with Crippen molar-refractivity contribution < 1.29 is 18.3 Å². The molecule has 1 amide bonds. The summed E-state index contributed by atoms with van der Waals surface area (Å²) in [6.45, 7) is 0.194. The summed E-state index contributed by atoms with van der Waals surface area (Å²) in [7, 11) is 0. The van der Waals surface area contributed by atoms with Gasteiger partial charge in [0.25, 0.3) is 0 Å². The monoisotopic (exact) mass is 417 g/mol. The number of thiazole rings is 1. The molecule has 3 aromatic rings. The number of benzene rings is 1. The Hall–Kier alpha value is -2.74. The van der Waals surface area contributed by atoms with Crippen molar-refractivity contribution >= 4 is 22.6 Å². The predicted octanol–water partition coefficient (Wildman–Crippen LogP) is 5.61. The van der Waals surface area contributed by atoms with Crippen LogP contribution in [0, 0.1) is 17.6 Å². The number of nitrogens with zero attached hydrogens (tertiary/aromatic N) is 2. The number of ether oxygens (including phenoxy) is 1. The molecule has 29 heavy (non-hydrogen) atoms. The Morgan fingerprint density at radius 3 is 2.62 bits per heavy atom. The maximum absolute atomic E-state index is 13.6. The normalized spacial score (nSPS) is 14.3. The van der Waals surface area contributed by atoms with Gasteiger partial charge in [-0.15, -0.1) is 11.3 Å². The van der Waals surface area contributed by atoms with Crippen molar-refractivity contribution in [2.45, 2.75) is 38.6 Å². The van der Waals surface area contributed by atoms with Gasteiger partial charge in [0, 0.05) is 29.9 Å². The van der Waals surface area contributed by atoms with E-state index in [1.165, 1.54) is 49.2 Å². The molecule has 0 aliphatic heterocycles. The van der Waals surface area contributed by atoms with Crippen molar-refractivity contribution in [1.82, 2.24) is 9.55 Å². The van der Waals surface area contributed by atoms with Crippen LogP contribution >= 0.6 is 11.3 Å². The van der Waals surface area contributed by atoms with Crippen molar-refractivity contribution in [3.05, 3.63) is 64.8 Å². The molecule has 2 heterocycles. The lowest BCUT2D eigenvalue weighted by Crippen LogP contribution is -2.18. The van der Waals surface area contributed by atoms with Crippen LogP contribution in [-0.4, -0.2) is 15.6 Å². The van der Waals surface area contributed by atoms with Crippen LogP contribution in [0.25, 0.3) is 0 Å². The minimum atomic E-state index is -0.655. The number of nitrogens with one attached hydrogen (secondary N) is 1. The van der Waals surface area contributed by atoms with Gasteiger partial charge in [0.1, 0.15) is 11.6 Å². The molecular formula is C21H21F2N3O2S. The van der Waals surface area contributed by atoms with E-state index < -0.39 is 17.7 Å². The summed E-state index contributed by atoms with van der Waals surface area (Å²) in [4.78, 5) is 16.2. The molecule has 152 valence electrons. The van der Waals surface area contributed by atoms with Crippen LogP contribution in [0.15, 0.2) is 42.0 Å². The Kier molecular flexibility index (Phi) is 5.89. The van der Waals surface area contributed by atoms with E-state index in [2.05, 4.69) is 10.3 Å². The minimum absolute atomic E-state index is 0.194. The van der Waals surface area contributed by atoms with E-state index in [9.17, 15) is 13.6 Å². The van der Waals surface area contributed by atoms with Crippen LogP contribution in [0.5, 0.6) is 5.88 Å². The molecule has 4 rings (SSSR count). The highest BCUT2D eigenvalue weighted by Gasteiger charge is 2.19. The summed E-state index contributed by atoms with van der Waals surface area (Å²) in [5, 5.41) is 4.76. The fourth-order valence-corrected chi connectivity index (χ4v) is 4.32. The summed E-state index contributed by atoms with van der Waals surface area (Å²) in [5.41, 5.74) is 1.50. The first kappa shape index (κ1) is 19.6. The van der Waals surface area contributed by atoms with E-state index in [0.29, 0.717) is 22.5 Å². The Bertz CT molecular complexity index is 962. The van der Waals surface area contributed by atoms with E-state index in [-0.39, 0.29) is 6.54 Å². The van der Waals surface area contributed by atoms with E-state index in [4.69, 9.17) is 4.74 Å². The van der Waals surface area contributed by atoms with Gasteiger partial charge in [0.2, 0.25) is 5.88 Å². The SMILES string of the molecule is O=C(Nc1nccs1)Oc1cc(CC2CCCC2)cn1Cc1cc(F)cc(F)c1. The van der Waals surface area contributed by atoms with Crippen LogP contribution in [0.1, 0.15) is 36.8 Å². The van der Waals surface area contributed by atoms with E-state index >= 15 is 0 Å². The van der Waals surface area contributed by atoms with Gasteiger partial charge < -0.3 is 9.30 Å². The number of rotatable bonds is 6. The maximum atomic E-state index is 13.6. The van der Waals surface area contributed by atoms with Crippen molar-refractivity contribution in [1.29, 1.82) is 0 Å². The minimum Gasteiger partial charge on any atom is -0.393 e. The van der Waals surface area contributed by atoms with Gasteiger partial charge in [-0.25, -0.2) is 18.6 Å². The molecule has 1 aromatic carbocycles. The number of hydrogen-bond acceptors (Lipinski definition) is 4. The molecule has 0 spiro atoms. The zero-order chi connectivity index (χ0) is 20.2. The summed E-state index contributed by atoms with van der Waals surface area (Å²) in [6.07, 6.45) is 8.60. The van der Waals surface area contributed by atoms with Crippen molar-refractivity contribution in [2.75, 3.05) is 5.32 Å². The smallest absolute Gasteiger partial charge is 0.393 e. The summed E-state index contributed by atoms with van der Waals surface area (Å²) >= 11 is 1.29. The van der Waals surface area contributed by atoms with Gasteiger partial charge in [-0.1, -0.05) is 25.7 Å². The summed E-state index contributed by atoms with van der Waals surface area (Å²) in [6, 6.07) is 5.22. The highest BCUT2D eigenvalue weighted by molar-refractivity contribution is 7.13. The molecule has 0 bridgehead atoms. The third-order valence-electron chi connectivity index (χ3n) is 5.03. The second kappa shape index (κ2) is 8.73. The molecule has 0 atom stereocenters. The predicted molar refractivity (Wildman–Crippen MR) is 107 cm³/mol. The van der Waals surface area contributed by atoms with Gasteiger partial charge >= 0.3 is 6.09 Å². The second-order valence-corrected chi connectivity index (χ2v) is 8.19. The molecule has 1 saturated carbocycles. The zero-order valence-corrected chi connectivity index (χ0v) is 16.6. The second-order valence-electron chi connectivity index (χ2n) is 7.30. The third kappa shape index (κ3) is 5.20. The Labute approximate surface area is 171 Å². The molecular weight excluding hydrogens is 396 g/mol. The Morgan fingerprint density at radius 2 is 1.93 bits per heavy atom. The Morgan fingerprint density at radius 1 is 1.17 bits per heavy atom. The van der Waals surface area contributed by atoms with Crippen molar-refractivity contribution in [3.8, 4) is 5.88 Å². The van der Waals surface area contributed by atoms with E-state index in [0.717, 1.165) is 18.1 Å². The van der Waals surface area contributed by atoms with Crippen LogP contribution in [0.4, 0.5) is 18.7 Å². The number of halogens is 2. The zero-order valence-electron chi connectivity index (χ0n) is 15.7. The van der Waals surface area contributed by atoms with Crippen LogP contribution in [0.2, 0.25) is 0 Å². The van der Waals surface area contributed by atoms with Gasteiger partial charge in [-0.3, -0.25) is 5.32 Å². The molecule has 1 fully saturated rings. The fourth-order valence-electron chi connectivity index (χ4n) is 3.81. The molecule has 0 unspecified atom stereocenters. The molecule has 1 aliphatic rings. The average molecular weight is 417 g/mol. The maximum Gasteiger partial charge on any atom is 0.420 e. The summed E-state index contributed by atoms with van der Waals surface area (Å²) < 4.78 is 34.4. The van der Waals surface area contributed by atoms with Crippen molar-refractivity contribution in [2.24, 2.45) is 5.92 Å². The number of hydrogen-bond donors (Lipinski definition) is 1. The quantitative estimate of drug-likeness (QED) is 0.567. The van der Waals surface area contributed by atoms with Crippen molar-refractivity contribution in [3.63, 3.8) is 0 Å². The van der Waals surface area contributed by atoms with E-state index in [1.807, 2.05) is 12.3 Å². The highest BCUT2D eigenvalue weighted by Crippen LogP contribution is 2.30. The lowest BCUT2D eigenvalue weighted by Gasteiger charge is -2.10. The van der Waals surface area contributed by atoms with E-state index in [1.54, 1.807) is 16.1 Å². The number of aromatic nitrogens is 2. The number of carbonyl (C=O) groups is 1. The van der Waals surface area contributed by atoms with Crippen LogP contribution in [0.3, 0.4) is 0 Å². The van der Waals surface area contributed by atoms with Crippen LogP contribution < -0.4 is 10.1 Å². The number of carbonyl (C=O) groups excluding carboxylic acids is 1. The number of amides is 1. The topological polar surface area (TPSA) is 56.1 Å². The largest absolute Gasteiger partial charge is 0.420 e. The standard InChI is InChI=1S/C21H21F2N3O2S/c22-17-8-16(9-18(23)11-17)13-26-12-15(7-14-3-1-2-4-14)10-19(26)28-21(27)25-20-24-5-6-29-20/h5-6,8-12,14H,1-4,7,13H2,(H,24,25,27). The van der Waals surface area contributed by atoms with Crippen LogP contribution in [-0.2, 0) is 13.0 Å². The molecule has 0 radical (unpaired) electrons. The Balaban J connectivity index is 1.54. The van der Waals surface area contributed by atoms with Gasteiger partial charge in [0.15, 0.2) is 5.13 Å². The molecule has 1 N–H and O–H groups in total. The lowest BCUT2D eigenvalue weighted by atomic mass is 10.0. The molecule has 0 saturated heterocycles. The fraction of sp³-hybridized carbons (Fsp3) is 0.333. The molecule has 1 aliphatic carbocycles. The molecule has 8 heteroatoms. The number of anilines is 1. The average Bonchev–Trinajstić information content (AvgIpc) is 3.39. The first-order valence-corrected chi connectivity index (χ1v) is 10.5. The molecule has 2 aromatic heterocycles. The highest BCUT2D eigenvalue weighted by atomic mass is 32.1. The summed E-state index contributed by atoms with van der Waals surface area (Å²) in [5.74, 6) is -0.323. The first-order valence-electron chi connectivity index (χ1n) is 9.57. The lowest BCUT2D eigenvalue weighted by molar-refractivity contribution is 0.211. The van der Waals surface area contributed by atoms with Gasteiger partial charge in [-0.2, -0.15) is 0 Å². The third-order valence-corrected chi connectivity index (χ3v) is 5.72. The molecule has 5 nitrogen and oxygen atoms in total.